The molecule has 1 fully saturated rings. The fourth-order valence-corrected chi connectivity index (χ4v) is 2.51. The van der Waals surface area contributed by atoms with Crippen LogP contribution >= 0.6 is 11.6 Å². The zero-order valence-corrected chi connectivity index (χ0v) is 15.4. The van der Waals surface area contributed by atoms with Gasteiger partial charge >= 0.3 is 20.2 Å². The predicted molar refractivity (Wildman–Crippen MR) is 101 cm³/mol. The van der Waals surface area contributed by atoms with Gasteiger partial charge in [-0.25, -0.2) is 19.9 Å². The zero-order chi connectivity index (χ0) is 20.7. The highest BCUT2D eigenvalue weighted by Crippen LogP contribution is 2.19. The number of piperidine rings is 1. The molecule has 11 nitrogen and oxygen atoms in total. The number of hydrogen-bond donors (Lipinski definition) is 5. The highest BCUT2D eigenvalue weighted by Gasteiger charge is 2.25. The third-order valence-electron chi connectivity index (χ3n) is 4.02. The van der Waals surface area contributed by atoms with Gasteiger partial charge in [-0.2, -0.15) is 0 Å². The number of nitrogens with zero attached hydrogens (tertiary/aromatic N) is 5. The first-order chi connectivity index (χ1) is 13.3. The average Bonchev–Trinajstić information content (AvgIpc) is 2.69. The topological polar surface area (TPSA) is 173 Å². The number of carbonyl (C=O) groups is 1. The second-order valence-corrected chi connectivity index (χ2v) is 6.29. The Balaban J connectivity index is 0.000000237. The number of halogens is 1. The van der Waals surface area contributed by atoms with E-state index < -0.39 is 20.2 Å². The van der Waals surface area contributed by atoms with E-state index in [9.17, 15) is 4.79 Å². The number of aromatic nitrogens is 4. The van der Waals surface area contributed by atoms with Crippen LogP contribution in [0.2, 0.25) is 5.28 Å². The van der Waals surface area contributed by atoms with Gasteiger partial charge in [0.25, 0.3) is 0 Å². The Labute approximate surface area is 166 Å². The van der Waals surface area contributed by atoms with E-state index in [1.165, 1.54) is 24.8 Å². The van der Waals surface area contributed by atoms with E-state index in [1.807, 2.05) is 4.90 Å². The Hall–Kier alpha value is -2.31. The van der Waals surface area contributed by atoms with Crippen LogP contribution in [0, 0.1) is 5.92 Å². The van der Waals surface area contributed by atoms with Gasteiger partial charge in [-0.05, 0) is 24.4 Å². The van der Waals surface area contributed by atoms with E-state index in [0.717, 1.165) is 0 Å². The molecule has 0 aliphatic carbocycles. The van der Waals surface area contributed by atoms with Crippen molar-refractivity contribution in [2.24, 2.45) is 5.92 Å². The van der Waals surface area contributed by atoms with Gasteiger partial charge in [0.1, 0.15) is 0 Å². The molecule has 3 heterocycles. The van der Waals surface area contributed by atoms with E-state index in [4.69, 9.17) is 36.8 Å². The molecule has 2 aromatic rings. The molecular formula is C14H18B2ClN5O6. The second kappa shape index (κ2) is 10.3. The maximum Gasteiger partial charge on any atom is 0.491 e. The maximum atomic E-state index is 10.8. The number of carboxylic acid groups (broad SMARTS) is 1. The molecule has 148 valence electrons. The van der Waals surface area contributed by atoms with E-state index in [0.29, 0.717) is 31.9 Å². The maximum absolute atomic E-state index is 10.8. The molecule has 14 heteroatoms. The summed E-state index contributed by atoms with van der Waals surface area (Å²) in [4.78, 5) is 27.9. The standard InChI is InChI=1S/C10H14BN3O4.C4H4BClN2O2/c15-9(16)7-1-3-14(4-2-7)10-12-5-8(6-13-10)11(17)18;6-4-7-1-3(2-8-4)5(9)10/h5-7,17-18H,1-4H2,(H,15,16);1-2,9-10H. The van der Waals surface area contributed by atoms with Gasteiger partial charge in [0.05, 0.1) is 5.92 Å². The molecule has 0 atom stereocenters. The van der Waals surface area contributed by atoms with Crippen molar-refractivity contribution in [3.63, 3.8) is 0 Å². The van der Waals surface area contributed by atoms with Crippen molar-refractivity contribution in [3.05, 3.63) is 30.1 Å². The van der Waals surface area contributed by atoms with Crippen LogP contribution in [0.15, 0.2) is 24.8 Å². The lowest BCUT2D eigenvalue weighted by molar-refractivity contribution is -0.142. The van der Waals surface area contributed by atoms with Crippen LogP contribution in [0.4, 0.5) is 5.95 Å². The van der Waals surface area contributed by atoms with Gasteiger partial charge in [-0.1, -0.05) is 0 Å². The molecule has 0 amide bonds. The summed E-state index contributed by atoms with van der Waals surface area (Å²) in [6.07, 6.45) is 6.36. The number of aliphatic carboxylic acids is 1. The summed E-state index contributed by atoms with van der Waals surface area (Å²) in [7, 11) is -3.10. The molecular weight excluding hydrogens is 391 g/mol. The minimum atomic E-state index is -1.57. The average molecular weight is 409 g/mol. The van der Waals surface area contributed by atoms with E-state index in [-0.39, 0.29) is 22.1 Å². The molecule has 1 saturated heterocycles. The smallest absolute Gasteiger partial charge is 0.481 e. The molecule has 1 aliphatic heterocycles. The summed E-state index contributed by atoms with van der Waals surface area (Å²) in [5.41, 5.74) is 0.462. The van der Waals surface area contributed by atoms with Crippen molar-refractivity contribution >= 4 is 48.7 Å². The molecule has 0 spiro atoms. The highest BCUT2D eigenvalue weighted by atomic mass is 35.5. The lowest BCUT2D eigenvalue weighted by Crippen LogP contribution is -2.38. The summed E-state index contributed by atoms with van der Waals surface area (Å²) in [6.45, 7) is 1.19. The van der Waals surface area contributed by atoms with E-state index >= 15 is 0 Å². The van der Waals surface area contributed by atoms with Gasteiger partial charge in [-0.3, -0.25) is 4.79 Å². The van der Waals surface area contributed by atoms with Gasteiger partial charge in [0, 0.05) is 48.8 Å². The molecule has 1 aliphatic rings. The van der Waals surface area contributed by atoms with Gasteiger partial charge in [0.15, 0.2) is 0 Å². The molecule has 0 unspecified atom stereocenters. The van der Waals surface area contributed by atoms with Gasteiger partial charge < -0.3 is 30.1 Å². The largest absolute Gasteiger partial charge is 0.491 e. The molecule has 0 aromatic carbocycles. The van der Waals surface area contributed by atoms with E-state index in [1.54, 1.807) is 0 Å². The summed E-state index contributed by atoms with van der Waals surface area (Å²) >= 11 is 5.33. The number of anilines is 1. The minimum Gasteiger partial charge on any atom is -0.481 e. The third kappa shape index (κ3) is 6.39. The fraction of sp³-hybridized carbons (Fsp3) is 0.357. The Bertz CT molecular complexity index is 760. The van der Waals surface area contributed by atoms with Crippen LogP contribution in [0.25, 0.3) is 0 Å². The lowest BCUT2D eigenvalue weighted by Gasteiger charge is -2.29. The zero-order valence-electron chi connectivity index (χ0n) is 14.6. The van der Waals surface area contributed by atoms with Gasteiger partial charge in [-0.15, -0.1) is 0 Å². The number of hydrogen-bond acceptors (Lipinski definition) is 10. The molecule has 28 heavy (non-hydrogen) atoms. The normalized spacial score (nSPS) is 14.1. The Morgan fingerprint density at radius 3 is 1.75 bits per heavy atom. The third-order valence-corrected chi connectivity index (χ3v) is 4.22. The Morgan fingerprint density at radius 1 is 0.929 bits per heavy atom. The van der Waals surface area contributed by atoms with Crippen LogP contribution in [0.1, 0.15) is 12.8 Å². The van der Waals surface area contributed by atoms with Crippen molar-refractivity contribution in [2.45, 2.75) is 12.8 Å². The quantitative estimate of drug-likeness (QED) is 0.262. The van der Waals surface area contributed by atoms with E-state index in [2.05, 4.69) is 19.9 Å². The first kappa shape index (κ1) is 22.0. The fourth-order valence-electron chi connectivity index (χ4n) is 2.41. The summed E-state index contributed by atoms with van der Waals surface area (Å²) in [5, 5.41) is 43.9. The summed E-state index contributed by atoms with van der Waals surface area (Å²) < 4.78 is 0. The van der Waals surface area contributed by atoms with Gasteiger partial charge in [0.2, 0.25) is 11.2 Å². The second-order valence-electron chi connectivity index (χ2n) is 5.95. The molecule has 2 aromatic heterocycles. The predicted octanol–water partition coefficient (Wildman–Crippen LogP) is -2.73. The Kier molecular flexibility index (Phi) is 8.08. The first-order valence-electron chi connectivity index (χ1n) is 8.27. The first-order valence-corrected chi connectivity index (χ1v) is 8.65. The monoisotopic (exact) mass is 409 g/mol. The van der Waals surface area contributed by atoms with Crippen molar-refractivity contribution in [1.82, 2.24) is 19.9 Å². The molecule has 0 bridgehead atoms. The minimum absolute atomic E-state index is 0.0874. The Morgan fingerprint density at radius 2 is 1.36 bits per heavy atom. The summed E-state index contributed by atoms with van der Waals surface area (Å²) in [5.74, 6) is -0.558. The molecule has 5 N–H and O–H groups in total. The van der Waals surface area contributed by atoms with Crippen LogP contribution in [-0.4, -0.2) is 78.4 Å². The summed E-state index contributed by atoms with van der Waals surface area (Å²) in [6, 6.07) is 0. The van der Waals surface area contributed by atoms with Crippen LogP contribution in [-0.2, 0) is 4.79 Å². The molecule has 3 rings (SSSR count). The van der Waals surface area contributed by atoms with Crippen LogP contribution in [0.5, 0.6) is 0 Å². The highest BCUT2D eigenvalue weighted by molar-refractivity contribution is 6.58. The lowest BCUT2D eigenvalue weighted by atomic mass is 9.83. The van der Waals surface area contributed by atoms with Crippen molar-refractivity contribution in [1.29, 1.82) is 0 Å². The molecule has 0 radical (unpaired) electrons. The SMILES string of the molecule is O=C(O)C1CCN(c2ncc(B(O)O)cn2)CC1.OB(O)c1cnc(Cl)nc1. The number of rotatable bonds is 4. The van der Waals surface area contributed by atoms with Crippen LogP contribution < -0.4 is 15.8 Å². The van der Waals surface area contributed by atoms with Crippen LogP contribution in [0.3, 0.4) is 0 Å². The van der Waals surface area contributed by atoms with Crippen molar-refractivity contribution in [2.75, 3.05) is 18.0 Å². The van der Waals surface area contributed by atoms with Crippen molar-refractivity contribution in [3.8, 4) is 0 Å². The molecule has 0 saturated carbocycles. The number of carboxylic acids is 1. The van der Waals surface area contributed by atoms with Crippen molar-refractivity contribution < 1.29 is 30.0 Å².